The summed E-state index contributed by atoms with van der Waals surface area (Å²) < 4.78 is 25.6. The maximum absolute atomic E-state index is 12.9. The molecule has 1 heterocycles. The third kappa shape index (κ3) is 2.78. The van der Waals surface area contributed by atoms with Crippen molar-refractivity contribution in [3.05, 3.63) is 52.7 Å². The molecule has 0 aliphatic carbocycles. The van der Waals surface area contributed by atoms with E-state index in [4.69, 9.17) is 11.6 Å². The van der Waals surface area contributed by atoms with Crippen LogP contribution in [0.1, 0.15) is 10.4 Å². The van der Waals surface area contributed by atoms with Gasteiger partial charge in [0.25, 0.3) is 5.91 Å². The summed E-state index contributed by atoms with van der Waals surface area (Å²) in [6.07, 6.45) is 0. The van der Waals surface area contributed by atoms with Crippen LogP contribution in [-0.2, 0) is 0 Å². The lowest BCUT2D eigenvalue weighted by Gasteiger charge is -2.03. The molecule has 92 valence electrons. The highest BCUT2D eigenvalue weighted by Gasteiger charge is 2.10. The van der Waals surface area contributed by atoms with Gasteiger partial charge in [-0.1, -0.05) is 11.6 Å². The summed E-state index contributed by atoms with van der Waals surface area (Å²) >= 11 is 5.53. The monoisotopic (exact) mass is 269 g/mol. The summed E-state index contributed by atoms with van der Waals surface area (Å²) in [5.74, 6) is -2.57. The molecule has 0 radical (unpaired) electrons. The maximum atomic E-state index is 12.9. The summed E-state index contributed by atoms with van der Waals surface area (Å²) in [5, 5.41) is 9.68. The topological polar surface area (TPSA) is 54.9 Å². The molecule has 0 saturated heterocycles. The van der Waals surface area contributed by atoms with Crippen LogP contribution in [0.25, 0.3) is 0 Å². The second-order valence-electron chi connectivity index (χ2n) is 3.32. The smallest absolute Gasteiger partial charge is 0.256 e. The molecule has 0 saturated carbocycles. The minimum atomic E-state index is -1.09. The van der Waals surface area contributed by atoms with E-state index in [1.165, 1.54) is 12.1 Å². The van der Waals surface area contributed by atoms with Gasteiger partial charge >= 0.3 is 0 Å². The molecule has 4 nitrogen and oxygen atoms in total. The minimum Gasteiger partial charge on any atom is -0.305 e. The van der Waals surface area contributed by atoms with E-state index in [9.17, 15) is 13.6 Å². The van der Waals surface area contributed by atoms with Crippen molar-refractivity contribution in [1.82, 2.24) is 10.2 Å². The van der Waals surface area contributed by atoms with E-state index in [1.54, 1.807) is 0 Å². The van der Waals surface area contributed by atoms with Gasteiger partial charge in [0.2, 0.25) is 0 Å². The number of nitrogens with one attached hydrogen (secondary N) is 1. The zero-order chi connectivity index (χ0) is 13.1. The number of rotatable bonds is 2. The largest absolute Gasteiger partial charge is 0.305 e. The summed E-state index contributed by atoms with van der Waals surface area (Å²) in [5.41, 5.74) is -0.0225. The first-order valence-corrected chi connectivity index (χ1v) is 5.19. The predicted molar refractivity (Wildman–Crippen MR) is 61.4 cm³/mol. The van der Waals surface area contributed by atoms with E-state index in [2.05, 4.69) is 15.5 Å². The number of carbonyl (C=O) groups is 1. The van der Waals surface area contributed by atoms with Crippen LogP contribution >= 0.6 is 11.6 Å². The Balaban J connectivity index is 2.16. The molecule has 1 amide bonds. The molecule has 1 aromatic carbocycles. The van der Waals surface area contributed by atoms with Crippen molar-refractivity contribution in [3.8, 4) is 0 Å². The third-order valence-corrected chi connectivity index (χ3v) is 2.26. The molecule has 0 unspecified atom stereocenters. The van der Waals surface area contributed by atoms with Crippen LogP contribution in [0.2, 0.25) is 5.15 Å². The van der Waals surface area contributed by atoms with E-state index in [0.29, 0.717) is 0 Å². The van der Waals surface area contributed by atoms with E-state index >= 15 is 0 Å². The van der Waals surface area contributed by atoms with Crippen LogP contribution in [0.3, 0.4) is 0 Å². The number of nitrogens with zero attached hydrogens (tertiary/aromatic N) is 2. The van der Waals surface area contributed by atoms with Gasteiger partial charge in [-0.15, -0.1) is 10.2 Å². The van der Waals surface area contributed by atoms with Gasteiger partial charge in [0.15, 0.2) is 22.6 Å². The van der Waals surface area contributed by atoms with Gasteiger partial charge in [0.1, 0.15) is 0 Å². The quantitative estimate of drug-likeness (QED) is 0.912. The van der Waals surface area contributed by atoms with Crippen molar-refractivity contribution in [1.29, 1.82) is 0 Å². The minimum absolute atomic E-state index is 0.0225. The summed E-state index contributed by atoms with van der Waals surface area (Å²) in [7, 11) is 0. The van der Waals surface area contributed by atoms with Crippen molar-refractivity contribution in [2.45, 2.75) is 0 Å². The zero-order valence-electron chi connectivity index (χ0n) is 8.82. The van der Waals surface area contributed by atoms with Crippen LogP contribution in [-0.4, -0.2) is 16.1 Å². The SMILES string of the molecule is O=C(Nc1ccc(Cl)nn1)c1ccc(F)c(F)c1. The molecule has 0 atom stereocenters. The van der Waals surface area contributed by atoms with Crippen LogP contribution in [0.5, 0.6) is 0 Å². The Kier molecular flexibility index (Phi) is 3.47. The second-order valence-corrected chi connectivity index (χ2v) is 3.71. The predicted octanol–water partition coefficient (Wildman–Crippen LogP) is 2.66. The molecular formula is C11H6ClF2N3O. The summed E-state index contributed by atoms with van der Waals surface area (Å²) in [4.78, 5) is 11.7. The Hall–Kier alpha value is -2.08. The maximum Gasteiger partial charge on any atom is 0.256 e. The van der Waals surface area contributed by atoms with E-state index in [0.717, 1.165) is 18.2 Å². The van der Waals surface area contributed by atoms with Crippen molar-refractivity contribution in [3.63, 3.8) is 0 Å². The number of anilines is 1. The van der Waals surface area contributed by atoms with Gasteiger partial charge < -0.3 is 5.32 Å². The van der Waals surface area contributed by atoms with E-state index in [-0.39, 0.29) is 16.5 Å². The molecule has 0 bridgehead atoms. The Morgan fingerprint density at radius 2 is 1.89 bits per heavy atom. The Labute approximate surface area is 106 Å². The highest BCUT2D eigenvalue weighted by atomic mass is 35.5. The molecule has 2 aromatic rings. The lowest BCUT2D eigenvalue weighted by molar-refractivity contribution is 0.102. The molecule has 1 N–H and O–H groups in total. The average molecular weight is 270 g/mol. The van der Waals surface area contributed by atoms with Crippen molar-refractivity contribution in [2.75, 3.05) is 5.32 Å². The Morgan fingerprint density at radius 3 is 2.50 bits per heavy atom. The first-order chi connectivity index (χ1) is 8.56. The first kappa shape index (κ1) is 12.4. The standard InChI is InChI=1S/C11H6ClF2N3O/c12-9-3-4-10(17-16-9)15-11(18)6-1-2-7(13)8(14)5-6/h1-5H,(H,15,17,18). The fraction of sp³-hybridized carbons (Fsp3) is 0. The molecule has 18 heavy (non-hydrogen) atoms. The number of halogens is 3. The van der Waals surface area contributed by atoms with Crippen LogP contribution in [0, 0.1) is 11.6 Å². The van der Waals surface area contributed by atoms with Crippen molar-refractivity contribution >= 4 is 23.3 Å². The molecule has 2 rings (SSSR count). The third-order valence-electron chi connectivity index (χ3n) is 2.06. The molecule has 0 aliphatic rings. The molecule has 0 spiro atoms. The van der Waals surface area contributed by atoms with Crippen LogP contribution < -0.4 is 5.32 Å². The van der Waals surface area contributed by atoms with Gasteiger partial charge in [0.05, 0.1) is 0 Å². The summed E-state index contributed by atoms with van der Waals surface area (Å²) in [6.45, 7) is 0. The van der Waals surface area contributed by atoms with E-state index in [1.807, 2.05) is 0 Å². The van der Waals surface area contributed by atoms with Gasteiger partial charge in [-0.25, -0.2) is 8.78 Å². The molecule has 0 aliphatic heterocycles. The normalized spacial score (nSPS) is 10.2. The van der Waals surface area contributed by atoms with E-state index < -0.39 is 17.5 Å². The Bertz CT molecular complexity index is 589. The number of hydrogen-bond acceptors (Lipinski definition) is 3. The van der Waals surface area contributed by atoms with Gasteiger partial charge in [0, 0.05) is 5.56 Å². The molecule has 0 fully saturated rings. The number of benzene rings is 1. The summed E-state index contributed by atoms with van der Waals surface area (Å²) in [6, 6.07) is 5.71. The van der Waals surface area contributed by atoms with Gasteiger partial charge in [-0.2, -0.15) is 0 Å². The first-order valence-electron chi connectivity index (χ1n) is 4.82. The number of carbonyl (C=O) groups excluding carboxylic acids is 1. The highest BCUT2D eigenvalue weighted by Crippen LogP contribution is 2.11. The second kappa shape index (κ2) is 5.05. The van der Waals surface area contributed by atoms with Crippen molar-refractivity contribution in [2.24, 2.45) is 0 Å². The number of aromatic nitrogens is 2. The zero-order valence-corrected chi connectivity index (χ0v) is 9.58. The fourth-order valence-electron chi connectivity index (χ4n) is 1.21. The van der Waals surface area contributed by atoms with Gasteiger partial charge in [-0.05, 0) is 30.3 Å². The molecule has 1 aromatic heterocycles. The fourth-order valence-corrected chi connectivity index (χ4v) is 1.31. The number of hydrogen-bond donors (Lipinski definition) is 1. The van der Waals surface area contributed by atoms with Gasteiger partial charge in [-0.3, -0.25) is 4.79 Å². The molecular weight excluding hydrogens is 264 g/mol. The highest BCUT2D eigenvalue weighted by molar-refractivity contribution is 6.29. The van der Waals surface area contributed by atoms with Crippen LogP contribution in [0.4, 0.5) is 14.6 Å². The number of amides is 1. The average Bonchev–Trinajstić information content (AvgIpc) is 2.35. The van der Waals surface area contributed by atoms with Crippen molar-refractivity contribution < 1.29 is 13.6 Å². The van der Waals surface area contributed by atoms with Crippen LogP contribution in [0.15, 0.2) is 30.3 Å². The molecule has 7 heteroatoms. The lowest BCUT2D eigenvalue weighted by atomic mass is 10.2. The lowest BCUT2D eigenvalue weighted by Crippen LogP contribution is -2.13. The Morgan fingerprint density at radius 1 is 1.11 bits per heavy atom.